The zero-order valence-corrected chi connectivity index (χ0v) is 21.1. The van der Waals surface area contributed by atoms with E-state index in [9.17, 15) is 30.3 Å². The molecular weight excluding hydrogens is 439 g/mol. The Bertz CT molecular complexity index is 895. The minimum atomic E-state index is -1.80. The first-order valence-electron chi connectivity index (χ1n) is 11.6. The Morgan fingerprint density at radius 3 is 2.58 bits per heavy atom. The van der Waals surface area contributed by atoms with E-state index in [1.165, 1.54) is 5.56 Å². The average molecular weight is 470 g/mol. The van der Waals surface area contributed by atoms with Gasteiger partial charge in [-0.1, -0.05) is 13.0 Å². The van der Waals surface area contributed by atoms with Gasteiger partial charge >= 0.3 is 29.6 Å². The molecule has 2 saturated carbocycles. The summed E-state index contributed by atoms with van der Waals surface area (Å²) in [6.45, 7) is 2.25. The molecule has 0 aromatic heterocycles. The van der Waals surface area contributed by atoms with E-state index in [0.717, 1.165) is 44.1 Å². The van der Waals surface area contributed by atoms with Gasteiger partial charge in [-0.2, -0.15) is 0 Å². The van der Waals surface area contributed by atoms with Crippen LogP contribution in [0, 0.1) is 17.3 Å². The average Bonchev–Trinajstić information content (AvgIpc) is 3.08. The molecule has 3 fully saturated rings. The van der Waals surface area contributed by atoms with Crippen LogP contribution >= 0.6 is 0 Å². The van der Waals surface area contributed by atoms with Gasteiger partial charge in [0.25, 0.3) is 0 Å². The van der Waals surface area contributed by atoms with E-state index in [2.05, 4.69) is 6.92 Å². The number of carboxylic acid groups (broad SMARTS) is 1. The Morgan fingerprint density at radius 2 is 1.85 bits per heavy atom. The predicted octanol–water partition coefficient (Wildman–Crippen LogP) is -3.16. The van der Waals surface area contributed by atoms with Crippen molar-refractivity contribution < 1.29 is 69.4 Å². The van der Waals surface area contributed by atoms with Gasteiger partial charge in [0, 0.05) is 0 Å². The zero-order valence-electron chi connectivity index (χ0n) is 19.1. The number of carboxylic acids is 1. The van der Waals surface area contributed by atoms with Crippen LogP contribution in [0.25, 0.3) is 0 Å². The van der Waals surface area contributed by atoms with Crippen LogP contribution in [-0.2, 0) is 16.0 Å². The van der Waals surface area contributed by atoms with Gasteiger partial charge in [-0.3, -0.25) is 0 Å². The number of aliphatic hydroxyl groups is 4. The molecule has 0 amide bonds. The first-order chi connectivity index (χ1) is 15.2. The number of benzene rings is 1. The van der Waals surface area contributed by atoms with Gasteiger partial charge in [-0.05, 0) is 85.0 Å². The Hall–Kier alpha value is -0.710. The van der Waals surface area contributed by atoms with Crippen molar-refractivity contribution >= 4 is 5.97 Å². The van der Waals surface area contributed by atoms with E-state index in [1.54, 1.807) is 6.07 Å². The standard InChI is InChI=1S/C24H32O8.Na/c1-24-9-8-14-13-5-3-12(10-11(13)2-4-15(14)16(24)6-7-17(24)25)31-23-20(28)18(26)19(27)21(32-23)22(29)30;/h3,5,10,14-21,23,25-28H,2,4,6-9H2,1H3,(H,29,30);/q;+1/p-1/t14-,15-,16+,17+,18?,19+,20?,21?,23?,24+;/m1./s1. The first kappa shape index (κ1) is 25.4. The van der Waals surface area contributed by atoms with E-state index >= 15 is 0 Å². The molecule has 8 nitrogen and oxygen atoms in total. The maximum Gasteiger partial charge on any atom is 1.00 e. The number of rotatable bonds is 3. The van der Waals surface area contributed by atoms with E-state index < -0.39 is 36.7 Å². The van der Waals surface area contributed by atoms with Crippen LogP contribution in [0.4, 0.5) is 0 Å². The molecule has 176 valence electrons. The van der Waals surface area contributed by atoms with Crippen molar-refractivity contribution in [2.45, 2.75) is 88.2 Å². The minimum Gasteiger partial charge on any atom is -0.547 e. The molecule has 10 atom stereocenters. The van der Waals surface area contributed by atoms with Crippen molar-refractivity contribution in [2.75, 3.05) is 0 Å². The molecule has 4 N–H and O–H groups in total. The van der Waals surface area contributed by atoms with Gasteiger partial charge < -0.3 is 39.8 Å². The molecule has 4 aliphatic rings. The molecule has 1 saturated heterocycles. The van der Waals surface area contributed by atoms with Crippen LogP contribution in [0.2, 0.25) is 0 Å². The topological polar surface area (TPSA) is 140 Å². The maximum atomic E-state index is 11.2. The number of hydrogen-bond acceptors (Lipinski definition) is 8. The Kier molecular flexibility index (Phi) is 7.22. The molecule has 0 radical (unpaired) electrons. The van der Waals surface area contributed by atoms with E-state index in [-0.39, 0.29) is 41.1 Å². The van der Waals surface area contributed by atoms with Gasteiger partial charge in [0.15, 0.2) is 0 Å². The monoisotopic (exact) mass is 470 g/mol. The summed E-state index contributed by atoms with van der Waals surface area (Å²) < 4.78 is 10.9. The molecule has 1 aliphatic heterocycles. The number of carbonyl (C=O) groups excluding carboxylic acids is 1. The van der Waals surface area contributed by atoms with Crippen LogP contribution in [0.3, 0.4) is 0 Å². The molecule has 5 rings (SSSR count). The molecule has 1 aromatic rings. The molecule has 1 aromatic carbocycles. The van der Waals surface area contributed by atoms with Crippen LogP contribution in [0.1, 0.15) is 56.1 Å². The van der Waals surface area contributed by atoms with Crippen LogP contribution in [0.5, 0.6) is 5.75 Å². The van der Waals surface area contributed by atoms with Gasteiger partial charge in [-0.25, -0.2) is 0 Å². The fourth-order valence-corrected chi connectivity index (χ4v) is 6.88. The number of hydrogen-bond donors (Lipinski definition) is 4. The minimum absolute atomic E-state index is 0. The molecule has 4 unspecified atom stereocenters. The molecule has 9 heteroatoms. The maximum absolute atomic E-state index is 11.2. The van der Waals surface area contributed by atoms with Crippen molar-refractivity contribution in [3.63, 3.8) is 0 Å². The van der Waals surface area contributed by atoms with Crippen LogP contribution in [-0.4, -0.2) is 63.2 Å². The molecule has 1 heterocycles. The third kappa shape index (κ3) is 4.16. The number of carbonyl (C=O) groups is 1. The number of aliphatic hydroxyl groups excluding tert-OH is 4. The van der Waals surface area contributed by atoms with E-state index in [0.29, 0.717) is 23.5 Å². The summed E-state index contributed by atoms with van der Waals surface area (Å²) in [5.41, 5.74) is 2.48. The Labute approximate surface area is 215 Å². The van der Waals surface area contributed by atoms with Gasteiger partial charge in [0.2, 0.25) is 6.29 Å². The Morgan fingerprint density at radius 1 is 1.09 bits per heavy atom. The molecular formula is C24H31NaO8. The molecule has 0 bridgehead atoms. The smallest absolute Gasteiger partial charge is 0.547 e. The van der Waals surface area contributed by atoms with E-state index in [1.807, 2.05) is 12.1 Å². The van der Waals surface area contributed by atoms with Crippen molar-refractivity contribution in [3.05, 3.63) is 29.3 Å². The number of fused-ring (bicyclic) bond motifs is 5. The van der Waals surface area contributed by atoms with Crippen molar-refractivity contribution in [3.8, 4) is 5.75 Å². The number of aliphatic carboxylic acids is 1. The van der Waals surface area contributed by atoms with Crippen molar-refractivity contribution in [1.82, 2.24) is 0 Å². The third-order valence-corrected chi connectivity index (χ3v) is 8.70. The molecule has 3 aliphatic carbocycles. The second-order valence-corrected chi connectivity index (χ2v) is 10.2. The predicted molar refractivity (Wildman–Crippen MR) is 109 cm³/mol. The Balaban J connectivity index is 0.00000259. The largest absolute Gasteiger partial charge is 1.00 e. The second-order valence-electron chi connectivity index (χ2n) is 10.2. The van der Waals surface area contributed by atoms with Gasteiger partial charge in [-0.15, -0.1) is 0 Å². The quantitative estimate of drug-likeness (QED) is 0.340. The number of ether oxygens (including phenoxy) is 2. The van der Waals surface area contributed by atoms with Crippen molar-refractivity contribution in [1.29, 1.82) is 0 Å². The van der Waals surface area contributed by atoms with Crippen LogP contribution in [0.15, 0.2) is 18.2 Å². The summed E-state index contributed by atoms with van der Waals surface area (Å²) in [4.78, 5) is 11.2. The summed E-state index contributed by atoms with van der Waals surface area (Å²) in [7, 11) is 0. The first-order valence-corrected chi connectivity index (χ1v) is 11.6. The second kappa shape index (κ2) is 9.39. The summed E-state index contributed by atoms with van der Waals surface area (Å²) in [6.07, 6.45) is -2.61. The summed E-state index contributed by atoms with van der Waals surface area (Å²) in [5.74, 6) is 0.278. The summed E-state index contributed by atoms with van der Waals surface area (Å²) in [6, 6.07) is 5.71. The molecule has 0 spiro atoms. The van der Waals surface area contributed by atoms with Gasteiger partial charge in [0.1, 0.15) is 30.2 Å². The zero-order chi connectivity index (χ0) is 22.8. The summed E-state index contributed by atoms with van der Waals surface area (Å²) in [5, 5.41) is 51.7. The van der Waals surface area contributed by atoms with Crippen LogP contribution < -0.4 is 39.4 Å². The fraction of sp³-hybridized carbons (Fsp3) is 0.708. The normalized spacial score (nSPS) is 44.1. The molecule has 33 heavy (non-hydrogen) atoms. The fourth-order valence-electron chi connectivity index (χ4n) is 6.88. The third-order valence-electron chi connectivity index (χ3n) is 8.70. The summed E-state index contributed by atoms with van der Waals surface area (Å²) >= 11 is 0. The van der Waals surface area contributed by atoms with E-state index in [4.69, 9.17) is 9.47 Å². The van der Waals surface area contributed by atoms with Gasteiger partial charge in [0.05, 0.1) is 12.1 Å². The van der Waals surface area contributed by atoms with Crippen molar-refractivity contribution in [2.24, 2.45) is 17.3 Å². The number of aryl methyl sites for hydroxylation is 1. The SMILES string of the molecule is C[C@]12CC[C@@H]3c4ccc(OC5OC(C(=O)[O-])[C@@H](O)C(O)C5O)cc4CC[C@H]3[C@@H]1CC[C@@H]2O.[Na+].